The van der Waals surface area contributed by atoms with Crippen molar-refractivity contribution in [2.24, 2.45) is 5.41 Å². The molecule has 0 saturated heterocycles. The number of hydrogen-bond donors (Lipinski definition) is 1. The molecule has 2 aromatic carbocycles. The molecule has 2 amide bonds. The Morgan fingerprint density at radius 1 is 1.08 bits per heavy atom. The highest BCUT2D eigenvalue weighted by molar-refractivity contribution is 7.20. The molecular formula is C30H29N5O2S2. The Labute approximate surface area is 235 Å². The number of aryl methyl sites for hydroxylation is 1. The lowest BCUT2D eigenvalue weighted by Crippen LogP contribution is -2.31. The molecule has 1 aliphatic heterocycles. The second-order valence-corrected chi connectivity index (χ2v) is 12.9. The van der Waals surface area contributed by atoms with E-state index in [-0.39, 0.29) is 17.2 Å². The number of carbonyl (C=O) groups excluding carboxylic acids is 2. The van der Waals surface area contributed by atoms with Crippen LogP contribution in [0.5, 0.6) is 0 Å². The van der Waals surface area contributed by atoms with Crippen LogP contribution in [0, 0.1) is 12.3 Å². The smallest absolute Gasteiger partial charge is 0.267 e. The van der Waals surface area contributed by atoms with Gasteiger partial charge in [-0.2, -0.15) is 5.10 Å². The summed E-state index contributed by atoms with van der Waals surface area (Å²) in [6.07, 6.45) is 1.35. The number of amides is 2. The number of para-hydroxylation sites is 1. The van der Waals surface area contributed by atoms with Gasteiger partial charge in [-0.3, -0.25) is 14.9 Å². The first-order valence-electron chi connectivity index (χ1n) is 12.9. The number of anilines is 2. The maximum absolute atomic E-state index is 13.1. The van der Waals surface area contributed by atoms with Crippen LogP contribution in [-0.2, 0) is 11.2 Å². The van der Waals surface area contributed by atoms with Gasteiger partial charge in [-0.15, -0.1) is 22.7 Å². The molecule has 1 N–H and O–H groups in total. The summed E-state index contributed by atoms with van der Waals surface area (Å²) >= 11 is 2.83. The van der Waals surface area contributed by atoms with Gasteiger partial charge in [-0.25, -0.2) is 9.67 Å². The van der Waals surface area contributed by atoms with Crippen LogP contribution in [0.4, 0.5) is 10.8 Å². The van der Waals surface area contributed by atoms with Gasteiger partial charge < -0.3 is 4.90 Å². The van der Waals surface area contributed by atoms with Crippen LogP contribution in [0.2, 0.25) is 0 Å². The average molecular weight is 556 g/mol. The molecule has 198 valence electrons. The molecule has 0 radical (unpaired) electrons. The van der Waals surface area contributed by atoms with Gasteiger partial charge in [0.15, 0.2) is 5.13 Å². The van der Waals surface area contributed by atoms with Gasteiger partial charge in [-0.05, 0) is 54.7 Å². The Morgan fingerprint density at radius 2 is 1.87 bits per heavy atom. The number of fused-ring (bicyclic) bond motifs is 2. The standard InChI is InChI=1S/C30H29N5O2S2/c1-18-22-15-25(39-28(22)35(33-18)21-8-6-5-7-9-21)27(37)32-29-31-23(17-38-29)19-10-11-24-20(14-19)12-13-34(24)26(36)16-30(2,3)4/h5-11,14-15,17H,12-13,16H2,1-4H3,(H,31,32,37). The van der Waals surface area contributed by atoms with Gasteiger partial charge in [-0.1, -0.05) is 45.0 Å². The number of aromatic nitrogens is 3. The lowest BCUT2D eigenvalue weighted by atomic mass is 9.91. The van der Waals surface area contributed by atoms with Gasteiger partial charge in [0.05, 0.1) is 22.0 Å². The fraction of sp³-hybridized carbons (Fsp3) is 0.267. The Morgan fingerprint density at radius 3 is 2.64 bits per heavy atom. The lowest BCUT2D eigenvalue weighted by Gasteiger charge is -2.23. The second-order valence-electron chi connectivity index (χ2n) is 11.0. The van der Waals surface area contributed by atoms with Crippen molar-refractivity contribution < 1.29 is 9.59 Å². The van der Waals surface area contributed by atoms with E-state index in [2.05, 4.69) is 37.3 Å². The predicted octanol–water partition coefficient (Wildman–Crippen LogP) is 7.10. The van der Waals surface area contributed by atoms with E-state index in [9.17, 15) is 9.59 Å². The zero-order valence-electron chi connectivity index (χ0n) is 22.3. The van der Waals surface area contributed by atoms with Crippen LogP contribution in [-0.4, -0.2) is 33.1 Å². The fourth-order valence-corrected chi connectivity index (χ4v) is 6.69. The third kappa shape index (κ3) is 4.99. The van der Waals surface area contributed by atoms with Gasteiger partial charge in [0, 0.05) is 35.0 Å². The molecule has 9 heteroatoms. The molecule has 0 spiro atoms. The van der Waals surface area contributed by atoms with Crippen LogP contribution in [0.1, 0.15) is 48.1 Å². The summed E-state index contributed by atoms with van der Waals surface area (Å²) in [7, 11) is 0. The van der Waals surface area contributed by atoms with E-state index in [4.69, 9.17) is 4.98 Å². The minimum atomic E-state index is -0.182. The SMILES string of the molecule is Cc1nn(-c2ccccc2)c2sc(C(=O)Nc3nc(-c4ccc5c(c4)CCN5C(=O)CC(C)(C)C)cs3)cc12. The number of carbonyl (C=O) groups is 2. The fourth-order valence-electron chi connectivity index (χ4n) is 4.90. The van der Waals surface area contributed by atoms with Crippen LogP contribution < -0.4 is 10.2 Å². The second kappa shape index (κ2) is 9.73. The molecule has 3 aromatic heterocycles. The summed E-state index contributed by atoms with van der Waals surface area (Å²) < 4.78 is 1.89. The molecule has 0 bridgehead atoms. The van der Waals surface area contributed by atoms with E-state index in [0.717, 1.165) is 50.5 Å². The van der Waals surface area contributed by atoms with E-state index in [1.165, 1.54) is 22.7 Å². The van der Waals surface area contributed by atoms with E-state index in [1.807, 2.05) is 70.4 Å². The molecule has 5 aromatic rings. The van der Waals surface area contributed by atoms with Crippen LogP contribution >= 0.6 is 22.7 Å². The van der Waals surface area contributed by atoms with Crippen molar-refractivity contribution in [3.8, 4) is 16.9 Å². The number of thiazole rings is 1. The predicted molar refractivity (Wildman–Crippen MR) is 159 cm³/mol. The van der Waals surface area contributed by atoms with E-state index in [1.54, 1.807) is 0 Å². The first-order valence-corrected chi connectivity index (χ1v) is 14.6. The Balaban J connectivity index is 1.19. The van der Waals surface area contributed by atoms with Crippen molar-refractivity contribution in [1.29, 1.82) is 0 Å². The molecular weight excluding hydrogens is 526 g/mol. The van der Waals surface area contributed by atoms with Gasteiger partial charge in [0.25, 0.3) is 5.91 Å². The third-order valence-corrected chi connectivity index (χ3v) is 8.61. The van der Waals surface area contributed by atoms with Crippen molar-refractivity contribution in [3.63, 3.8) is 0 Å². The normalized spacial score (nSPS) is 13.2. The number of thiophene rings is 1. The molecule has 39 heavy (non-hydrogen) atoms. The summed E-state index contributed by atoms with van der Waals surface area (Å²) in [5, 5.41) is 11.1. The highest BCUT2D eigenvalue weighted by atomic mass is 32.1. The number of nitrogens with zero attached hydrogens (tertiary/aromatic N) is 4. The van der Waals surface area contributed by atoms with Gasteiger partial charge >= 0.3 is 0 Å². The van der Waals surface area contributed by atoms with Crippen molar-refractivity contribution >= 4 is 55.5 Å². The summed E-state index contributed by atoms with van der Waals surface area (Å²) in [4.78, 5) is 34.1. The molecule has 4 heterocycles. The van der Waals surface area contributed by atoms with Crippen molar-refractivity contribution in [1.82, 2.24) is 14.8 Å². The number of hydrogen-bond acceptors (Lipinski definition) is 6. The van der Waals surface area contributed by atoms with E-state index < -0.39 is 0 Å². The first-order chi connectivity index (χ1) is 18.7. The molecule has 1 aliphatic rings. The summed E-state index contributed by atoms with van der Waals surface area (Å²) in [6, 6.07) is 18.0. The Hall–Kier alpha value is -3.82. The molecule has 0 unspecified atom stereocenters. The van der Waals surface area contributed by atoms with Crippen LogP contribution in [0.3, 0.4) is 0 Å². The minimum absolute atomic E-state index is 0.0435. The summed E-state index contributed by atoms with van der Waals surface area (Å²) in [6.45, 7) is 8.93. The maximum Gasteiger partial charge on any atom is 0.267 e. The zero-order chi connectivity index (χ0) is 27.3. The lowest BCUT2D eigenvalue weighted by molar-refractivity contribution is -0.120. The quantitative estimate of drug-likeness (QED) is 0.251. The van der Waals surface area contributed by atoms with Crippen molar-refractivity contribution in [2.45, 2.75) is 40.5 Å². The first kappa shape index (κ1) is 25.5. The van der Waals surface area contributed by atoms with Crippen molar-refractivity contribution in [2.75, 3.05) is 16.8 Å². The van der Waals surface area contributed by atoms with Gasteiger partial charge in [0.1, 0.15) is 4.83 Å². The molecule has 0 saturated carbocycles. The number of nitrogens with one attached hydrogen (secondary N) is 1. The highest BCUT2D eigenvalue weighted by Gasteiger charge is 2.28. The number of benzene rings is 2. The van der Waals surface area contributed by atoms with E-state index in [0.29, 0.717) is 23.0 Å². The molecule has 7 nitrogen and oxygen atoms in total. The largest absolute Gasteiger partial charge is 0.312 e. The Bertz CT molecular complexity index is 1710. The molecule has 0 fully saturated rings. The van der Waals surface area contributed by atoms with Crippen LogP contribution in [0.25, 0.3) is 27.2 Å². The maximum atomic E-state index is 13.1. The third-order valence-electron chi connectivity index (χ3n) is 6.75. The van der Waals surface area contributed by atoms with Crippen molar-refractivity contribution in [3.05, 3.63) is 76.1 Å². The van der Waals surface area contributed by atoms with E-state index >= 15 is 0 Å². The topological polar surface area (TPSA) is 80.1 Å². The summed E-state index contributed by atoms with van der Waals surface area (Å²) in [5.41, 5.74) is 5.74. The number of rotatable bonds is 5. The zero-order valence-corrected chi connectivity index (χ0v) is 23.9. The Kier molecular flexibility index (Phi) is 6.35. The van der Waals surface area contributed by atoms with Gasteiger partial charge in [0.2, 0.25) is 5.91 Å². The van der Waals surface area contributed by atoms with Crippen LogP contribution in [0.15, 0.2) is 60.0 Å². The highest BCUT2D eigenvalue weighted by Crippen LogP contribution is 2.36. The average Bonchev–Trinajstić information content (AvgIpc) is 3.68. The molecule has 0 aliphatic carbocycles. The molecule has 0 atom stereocenters. The minimum Gasteiger partial charge on any atom is -0.312 e. The monoisotopic (exact) mass is 555 g/mol. The molecule has 6 rings (SSSR count). The summed E-state index contributed by atoms with van der Waals surface area (Å²) in [5.74, 6) is -0.0152.